The van der Waals surface area contributed by atoms with Crippen molar-refractivity contribution in [1.29, 1.82) is 0 Å². The third-order valence-electron chi connectivity index (χ3n) is 1.95. The van der Waals surface area contributed by atoms with E-state index in [1.165, 1.54) is 6.08 Å². The fraction of sp³-hybridized carbons (Fsp3) is 0.143. The molecule has 1 aromatic rings. The van der Waals surface area contributed by atoms with Crippen LogP contribution in [0.2, 0.25) is 0 Å². The molecule has 0 aliphatic rings. The van der Waals surface area contributed by atoms with E-state index >= 15 is 0 Å². The van der Waals surface area contributed by atoms with Crippen LogP contribution in [0, 0.1) is 6.57 Å². The summed E-state index contributed by atoms with van der Waals surface area (Å²) in [6.45, 7) is 8.85. The minimum atomic E-state index is -0.583. The molecule has 17 heavy (non-hydrogen) atoms. The first-order valence-corrected chi connectivity index (χ1v) is 5.26. The lowest BCUT2D eigenvalue weighted by molar-refractivity contribution is -0.138. The largest absolute Gasteiger partial charge is 0.471 e. The van der Waals surface area contributed by atoms with Crippen molar-refractivity contribution >= 4 is 12.0 Å². The van der Waals surface area contributed by atoms with E-state index in [9.17, 15) is 4.79 Å². The smallest absolute Gasteiger partial charge is 0.336 e. The molecule has 3 heteroatoms. The van der Waals surface area contributed by atoms with Crippen LogP contribution in [0.15, 0.2) is 48.2 Å². The maximum absolute atomic E-state index is 11.3. The lowest BCUT2D eigenvalue weighted by Crippen LogP contribution is -2.04. The summed E-state index contributed by atoms with van der Waals surface area (Å²) in [4.78, 5) is 14.4. The molecule has 0 saturated heterocycles. The van der Waals surface area contributed by atoms with Gasteiger partial charge in [0.05, 0.1) is 13.2 Å². The molecule has 0 N–H and O–H groups in total. The van der Waals surface area contributed by atoms with E-state index in [-0.39, 0.29) is 12.3 Å². The summed E-state index contributed by atoms with van der Waals surface area (Å²) in [6.07, 6.45) is 4.95. The Morgan fingerprint density at radius 1 is 1.41 bits per heavy atom. The van der Waals surface area contributed by atoms with Gasteiger partial charge in [-0.05, 0) is 18.6 Å². The van der Waals surface area contributed by atoms with Gasteiger partial charge >= 0.3 is 5.97 Å². The third-order valence-corrected chi connectivity index (χ3v) is 1.95. The van der Waals surface area contributed by atoms with Crippen LogP contribution in [0.1, 0.15) is 12.5 Å². The fourth-order valence-electron chi connectivity index (χ4n) is 1.17. The van der Waals surface area contributed by atoms with Crippen molar-refractivity contribution < 1.29 is 9.53 Å². The quantitative estimate of drug-likeness (QED) is 0.342. The van der Waals surface area contributed by atoms with Crippen molar-refractivity contribution in [2.75, 3.05) is 6.61 Å². The Balaban J connectivity index is 2.72. The molecule has 0 amide bonds. The van der Waals surface area contributed by atoms with Gasteiger partial charge in [0.2, 0.25) is 0 Å². The maximum atomic E-state index is 11.3. The molecule has 1 aromatic carbocycles. The second-order valence-electron chi connectivity index (χ2n) is 3.15. The van der Waals surface area contributed by atoms with Crippen molar-refractivity contribution in [3.8, 4) is 0 Å². The first-order chi connectivity index (χ1) is 8.27. The molecule has 0 spiro atoms. The summed E-state index contributed by atoms with van der Waals surface area (Å²) in [5.41, 5.74) is 0.996. The van der Waals surface area contributed by atoms with Gasteiger partial charge in [0.1, 0.15) is 0 Å². The van der Waals surface area contributed by atoms with E-state index in [0.29, 0.717) is 0 Å². The van der Waals surface area contributed by atoms with Gasteiger partial charge < -0.3 is 4.74 Å². The maximum Gasteiger partial charge on any atom is 0.336 e. The summed E-state index contributed by atoms with van der Waals surface area (Å²) in [5, 5.41) is 0. The number of carbonyl (C=O) groups excluding carboxylic acids is 1. The summed E-state index contributed by atoms with van der Waals surface area (Å²) >= 11 is 0. The average molecular weight is 227 g/mol. The Labute approximate surface area is 101 Å². The zero-order valence-corrected chi connectivity index (χ0v) is 9.59. The third kappa shape index (κ3) is 4.35. The standard InChI is InChI=1S/C14H13NO2/c1-3-17-14(16)13(15-2)11-7-10-12-8-5-4-6-9-12/h4-11H,3H2,1H3/b10-7+,13-11-. The lowest BCUT2D eigenvalue weighted by atomic mass is 10.2. The molecule has 0 aromatic heterocycles. The zero-order chi connectivity index (χ0) is 12.5. The summed E-state index contributed by atoms with van der Waals surface area (Å²) in [7, 11) is 0. The number of allylic oxidation sites excluding steroid dienone is 2. The van der Waals surface area contributed by atoms with Gasteiger partial charge in [-0.2, -0.15) is 0 Å². The highest BCUT2D eigenvalue weighted by atomic mass is 16.5. The van der Waals surface area contributed by atoms with Crippen LogP contribution >= 0.6 is 0 Å². The fourth-order valence-corrected chi connectivity index (χ4v) is 1.17. The Morgan fingerprint density at radius 3 is 2.71 bits per heavy atom. The molecule has 0 radical (unpaired) electrons. The van der Waals surface area contributed by atoms with Crippen molar-refractivity contribution in [3.63, 3.8) is 0 Å². The second-order valence-corrected chi connectivity index (χ2v) is 3.15. The molecule has 0 fully saturated rings. The monoisotopic (exact) mass is 227 g/mol. The predicted molar refractivity (Wildman–Crippen MR) is 66.8 cm³/mol. The van der Waals surface area contributed by atoms with Crippen molar-refractivity contribution in [2.45, 2.75) is 6.92 Å². The predicted octanol–water partition coefficient (Wildman–Crippen LogP) is 3.07. The number of ether oxygens (including phenoxy) is 1. The van der Waals surface area contributed by atoms with Gasteiger partial charge in [0.25, 0.3) is 5.70 Å². The van der Waals surface area contributed by atoms with E-state index in [2.05, 4.69) is 4.85 Å². The zero-order valence-electron chi connectivity index (χ0n) is 9.59. The Hall–Kier alpha value is -2.34. The van der Waals surface area contributed by atoms with E-state index in [1.807, 2.05) is 36.4 Å². The number of hydrogen-bond donors (Lipinski definition) is 0. The number of nitrogens with zero attached hydrogens (tertiary/aromatic N) is 1. The van der Waals surface area contributed by atoms with Gasteiger partial charge in [-0.1, -0.05) is 42.5 Å². The van der Waals surface area contributed by atoms with Gasteiger partial charge in [0, 0.05) is 0 Å². The molecular formula is C14H13NO2. The van der Waals surface area contributed by atoms with Gasteiger partial charge in [-0.3, -0.25) is 4.79 Å². The van der Waals surface area contributed by atoms with Gasteiger partial charge in [0.15, 0.2) is 0 Å². The topological polar surface area (TPSA) is 30.7 Å². The Bertz CT molecular complexity index is 467. The minimum absolute atomic E-state index is 0.0148. The van der Waals surface area contributed by atoms with Crippen molar-refractivity contribution in [2.24, 2.45) is 0 Å². The molecule has 0 heterocycles. The Morgan fingerprint density at radius 2 is 2.12 bits per heavy atom. The molecule has 0 unspecified atom stereocenters. The number of rotatable bonds is 4. The number of hydrogen-bond acceptors (Lipinski definition) is 2. The first-order valence-electron chi connectivity index (χ1n) is 5.26. The van der Waals surface area contributed by atoms with Crippen LogP contribution in [0.5, 0.6) is 0 Å². The molecule has 0 atom stereocenters. The molecule has 0 saturated carbocycles. The minimum Gasteiger partial charge on any atom is -0.471 e. The van der Waals surface area contributed by atoms with Crippen LogP contribution in [0.25, 0.3) is 10.9 Å². The summed E-state index contributed by atoms with van der Waals surface area (Å²) < 4.78 is 4.74. The lowest BCUT2D eigenvalue weighted by Gasteiger charge is -1.97. The second kappa shape index (κ2) is 7.02. The Kier molecular flexibility index (Phi) is 5.26. The first kappa shape index (κ1) is 12.7. The number of esters is 1. The number of benzene rings is 1. The van der Waals surface area contributed by atoms with Crippen LogP contribution in [0.3, 0.4) is 0 Å². The summed E-state index contributed by atoms with van der Waals surface area (Å²) in [6, 6.07) is 9.64. The highest BCUT2D eigenvalue weighted by Crippen LogP contribution is 2.04. The summed E-state index contributed by atoms with van der Waals surface area (Å²) in [5.74, 6) is -0.583. The van der Waals surface area contributed by atoms with Crippen LogP contribution < -0.4 is 0 Å². The van der Waals surface area contributed by atoms with Crippen molar-refractivity contribution in [3.05, 3.63) is 65.2 Å². The van der Waals surface area contributed by atoms with Crippen LogP contribution in [-0.2, 0) is 9.53 Å². The van der Waals surface area contributed by atoms with Gasteiger partial charge in [-0.25, -0.2) is 4.85 Å². The van der Waals surface area contributed by atoms with Crippen molar-refractivity contribution in [1.82, 2.24) is 0 Å². The van der Waals surface area contributed by atoms with Gasteiger partial charge in [-0.15, -0.1) is 0 Å². The van der Waals surface area contributed by atoms with E-state index in [4.69, 9.17) is 11.3 Å². The normalized spacial score (nSPS) is 11.2. The highest BCUT2D eigenvalue weighted by molar-refractivity contribution is 5.90. The molecule has 86 valence electrons. The molecule has 0 aliphatic carbocycles. The van der Waals surface area contributed by atoms with Crippen LogP contribution in [-0.4, -0.2) is 12.6 Å². The average Bonchev–Trinajstić information content (AvgIpc) is 2.36. The molecule has 3 nitrogen and oxygen atoms in total. The molecule has 1 rings (SSSR count). The molecule has 0 bridgehead atoms. The van der Waals surface area contributed by atoms with E-state index in [0.717, 1.165) is 5.56 Å². The van der Waals surface area contributed by atoms with Crippen LogP contribution in [0.4, 0.5) is 0 Å². The highest BCUT2D eigenvalue weighted by Gasteiger charge is 2.08. The molecule has 0 aliphatic heterocycles. The van der Waals surface area contributed by atoms with E-state index < -0.39 is 5.97 Å². The molecular weight excluding hydrogens is 214 g/mol. The number of carbonyl (C=O) groups is 1. The SMILES string of the molecule is [C-]#[N+]/C(=C\C=C\c1ccccc1)C(=O)OCC. The van der Waals surface area contributed by atoms with E-state index in [1.54, 1.807) is 13.0 Å².